The lowest BCUT2D eigenvalue weighted by atomic mass is 9.88. The average molecular weight is 357 g/mol. The molecule has 0 radical (unpaired) electrons. The van der Waals surface area contributed by atoms with Gasteiger partial charge in [-0.1, -0.05) is 25.7 Å². The van der Waals surface area contributed by atoms with E-state index < -0.39 is 0 Å². The van der Waals surface area contributed by atoms with E-state index in [2.05, 4.69) is 29.6 Å². The molecule has 1 aromatic rings. The largest absolute Gasteiger partial charge is 0.350 e. The zero-order valence-corrected chi connectivity index (χ0v) is 16.0. The lowest BCUT2D eigenvalue weighted by Gasteiger charge is -2.39. The molecule has 0 saturated heterocycles. The van der Waals surface area contributed by atoms with E-state index >= 15 is 0 Å². The van der Waals surface area contributed by atoms with Gasteiger partial charge in [0.15, 0.2) is 0 Å². The number of carbonyl (C=O) groups is 2. The Bertz CT molecular complexity index is 627. The van der Waals surface area contributed by atoms with Gasteiger partial charge >= 0.3 is 0 Å². The van der Waals surface area contributed by atoms with Crippen molar-refractivity contribution in [2.45, 2.75) is 56.9 Å². The number of hydrogen-bond donors (Lipinski definition) is 2. The molecule has 142 valence electrons. The fourth-order valence-electron chi connectivity index (χ4n) is 3.81. The van der Waals surface area contributed by atoms with Crippen LogP contribution in [0.3, 0.4) is 0 Å². The van der Waals surface area contributed by atoms with Crippen molar-refractivity contribution in [3.05, 3.63) is 29.8 Å². The van der Waals surface area contributed by atoms with Crippen LogP contribution in [0.25, 0.3) is 0 Å². The highest BCUT2D eigenvalue weighted by atomic mass is 16.2. The molecule has 0 atom stereocenters. The summed E-state index contributed by atoms with van der Waals surface area (Å²) in [5.41, 5.74) is 1.45. The first-order valence-corrected chi connectivity index (χ1v) is 9.87. The molecule has 2 N–H and O–H groups in total. The van der Waals surface area contributed by atoms with E-state index in [0.717, 1.165) is 31.4 Å². The zero-order chi connectivity index (χ0) is 18.6. The molecular weight excluding hydrogens is 326 g/mol. The zero-order valence-electron chi connectivity index (χ0n) is 16.0. The van der Waals surface area contributed by atoms with Gasteiger partial charge in [-0.2, -0.15) is 0 Å². The lowest BCUT2D eigenvalue weighted by molar-refractivity contribution is -0.117. The van der Waals surface area contributed by atoms with Gasteiger partial charge < -0.3 is 15.5 Å². The van der Waals surface area contributed by atoms with Crippen LogP contribution >= 0.6 is 0 Å². The number of benzene rings is 1. The Morgan fingerprint density at radius 1 is 1.04 bits per heavy atom. The van der Waals surface area contributed by atoms with Gasteiger partial charge in [-0.3, -0.25) is 9.59 Å². The highest BCUT2D eigenvalue weighted by molar-refractivity contribution is 5.96. The minimum absolute atomic E-state index is 0.0458. The minimum Gasteiger partial charge on any atom is -0.350 e. The molecule has 0 spiro atoms. The number of nitrogens with one attached hydrogen (secondary N) is 2. The van der Waals surface area contributed by atoms with E-state index in [9.17, 15) is 9.59 Å². The average Bonchev–Trinajstić information content (AvgIpc) is 3.47. The first-order chi connectivity index (χ1) is 12.5. The Morgan fingerprint density at radius 2 is 1.65 bits per heavy atom. The maximum absolute atomic E-state index is 12.6. The molecule has 5 heteroatoms. The first kappa shape index (κ1) is 18.9. The summed E-state index contributed by atoms with van der Waals surface area (Å²) in [5, 5.41) is 6.04. The Hall–Kier alpha value is -1.88. The number of carbonyl (C=O) groups excluding carboxylic acids is 2. The van der Waals surface area contributed by atoms with Crippen LogP contribution in [0, 0.1) is 5.92 Å². The summed E-state index contributed by atoms with van der Waals surface area (Å²) in [6.07, 6.45) is 9.26. The summed E-state index contributed by atoms with van der Waals surface area (Å²) in [4.78, 5) is 26.7. The number of nitrogens with zero attached hydrogens (tertiary/aromatic N) is 1. The van der Waals surface area contributed by atoms with Gasteiger partial charge in [-0.15, -0.1) is 0 Å². The van der Waals surface area contributed by atoms with Crippen molar-refractivity contribution in [3.8, 4) is 0 Å². The molecule has 5 nitrogen and oxygen atoms in total. The maximum atomic E-state index is 12.6. The van der Waals surface area contributed by atoms with Crippen LogP contribution in [0.4, 0.5) is 5.69 Å². The van der Waals surface area contributed by atoms with E-state index in [1.807, 2.05) is 12.1 Å². The van der Waals surface area contributed by atoms with Crippen molar-refractivity contribution in [1.82, 2.24) is 10.2 Å². The second kappa shape index (κ2) is 8.21. The second-order valence-corrected chi connectivity index (χ2v) is 8.06. The van der Waals surface area contributed by atoms with Crippen LogP contribution < -0.4 is 10.6 Å². The second-order valence-electron chi connectivity index (χ2n) is 8.06. The Kier molecular flexibility index (Phi) is 5.97. The minimum atomic E-state index is -0.0458. The maximum Gasteiger partial charge on any atom is 0.251 e. The third kappa shape index (κ3) is 4.64. The van der Waals surface area contributed by atoms with Gasteiger partial charge in [-0.05, 0) is 64.0 Å². The van der Waals surface area contributed by atoms with Crippen LogP contribution in [-0.2, 0) is 4.79 Å². The molecule has 3 rings (SSSR count). The van der Waals surface area contributed by atoms with Crippen molar-refractivity contribution < 1.29 is 9.59 Å². The SMILES string of the molecule is CN(C)C1(CNC(=O)c2ccc(NC(=O)C3CC3)cc2)CCCCCC1. The predicted octanol–water partition coefficient (Wildman–Crippen LogP) is 3.42. The molecular formula is C21H31N3O2. The summed E-state index contributed by atoms with van der Waals surface area (Å²) in [5.74, 6) is 0.221. The van der Waals surface area contributed by atoms with Crippen molar-refractivity contribution >= 4 is 17.5 Å². The Labute approximate surface area is 156 Å². The molecule has 26 heavy (non-hydrogen) atoms. The van der Waals surface area contributed by atoms with Crippen LogP contribution in [0.5, 0.6) is 0 Å². The predicted molar refractivity (Wildman–Crippen MR) is 104 cm³/mol. The lowest BCUT2D eigenvalue weighted by Crippen LogP contribution is -2.52. The van der Waals surface area contributed by atoms with Gasteiger partial charge in [0.1, 0.15) is 0 Å². The molecule has 0 unspecified atom stereocenters. The number of rotatable bonds is 6. The third-order valence-corrected chi connectivity index (χ3v) is 5.92. The fraction of sp³-hybridized carbons (Fsp3) is 0.619. The number of likely N-dealkylation sites (N-methyl/N-ethyl adjacent to an activating group) is 1. The van der Waals surface area contributed by atoms with Crippen LogP contribution in [0.15, 0.2) is 24.3 Å². The molecule has 2 saturated carbocycles. The van der Waals surface area contributed by atoms with E-state index in [0.29, 0.717) is 12.1 Å². The molecule has 2 aliphatic carbocycles. The molecule has 2 amide bonds. The van der Waals surface area contributed by atoms with Crippen molar-refractivity contribution in [2.75, 3.05) is 26.0 Å². The highest BCUT2D eigenvalue weighted by Crippen LogP contribution is 2.31. The summed E-state index contributed by atoms with van der Waals surface area (Å²) < 4.78 is 0. The quantitative estimate of drug-likeness (QED) is 0.767. The molecule has 0 aromatic heterocycles. The van der Waals surface area contributed by atoms with E-state index in [4.69, 9.17) is 0 Å². The van der Waals surface area contributed by atoms with Crippen molar-refractivity contribution in [3.63, 3.8) is 0 Å². The Morgan fingerprint density at radius 3 is 2.19 bits per heavy atom. The van der Waals surface area contributed by atoms with Crippen molar-refractivity contribution in [1.29, 1.82) is 0 Å². The highest BCUT2D eigenvalue weighted by Gasteiger charge is 2.33. The fourth-order valence-corrected chi connectivity index (χ4v) is 3.81. The molecule has 0 bridgehead atoms. The van der Waals surface area contributed by atoms with Crippen molar-refractivity contribution in [2.24, 2.45) is 5.92 Å². The Balaban J connectivity index is 1.57. The van der Waals surface area contributed by atoms with Crippen LogP contribution in [-0.4, -0.2) is 42.9 Å². The normalized spacial score (nSPS) is 19.7. The topological polar surface area (TPSA) is 61.4 Å². The smallest absolute Gasteiger partial charge is 0.251 e. The van der Waals surface area contributed by atoms with Gasteiger partial charge in [-0.25, -0.2) is 0 Å². The number of anilines is 1. The monoisotopic (exact) mass is 357 g/mol. The number of amides is 2. The summed E-state index contributed by atoms with van der Waals surface area (Å²) in [7, 11) is 4.24. The van der Waals surface area contributed by atoms with Gasteiger partial charge in [0.05, 0.1) is 0 Å². The van der Waals surface area contributed by atoms with E-state index in [1.165, 1.54) is 25.7 Å². The molecule has 2 fully saturated rings. The van der Waals surface area contributed by atoms with Crippen LogP contribution in [0.2, 0.25) is 0 Å². The van der Waals surface area contributed by atoms with Gasteiger partial charge in [0.2, 0.25) is 5.91 Å². The van der Waals surface area contributed by atoms with Crippen LogP contribution in [0.1, 0.15) is 61.7 Å². The van der Waals surface area contributed by atoms with Gasteiger partial charge in [0.25, 0.3) is 5.91 Å². The third-order valence-electron chi connectivity index (χ3n) is 5.92. The summed E-state index contributed by atoms with van der Waals surface area (Å²) in [6.45, 7) is 0.680. The van der Waals surface area contributed by atoms with E-state index in [-0.39, 0.29) is 23.3 Å². The standard InChI is InChI=1S/C21H31N3O2/c1-24(2)21(13-5-3-4-6-14-21)15-22-19(25)16-9-11-18(12-10-16)23-20(26)17-7-8-17/h9-12,17H,3-8,13-15H2,1-2H3,(H,22,25)(H,23,26). The molecule has 0 aliphatic heterocycles. The first-order valence-electron chi connectivity index (χ1n) is 9.87. The molecule has 1 aromatic carbocycles. The molecule has 0 heterocycles. The summed E-state index contributed by atoms with van der Waals surface area (Å²) in [6, 6.07) is 7.19. The summed E-state index contributed by atoms with van der Waals surface area (Å²) >= 11 is 0. The van der Waals surface area contributed by atoms with E-state index in [1.54, 1.807) is 12.1 Å². The number of hydrogen-bond acceptors (Lipinski definition) is 3. The van der Waals surface area contributed by atoms with Gasteiger partial charge in [0, 0.05) is 29.3 Å². The molecule has 2 aliphatic rings.